The maximum Gasteiger partial charge on any atom is 0.275 e. The fourth-order valence-corrected chi connectivity index (χ4v) is 4.86. The summed E-state index contributed by atoms with van der Waals surface area (Å²) in [5, 5.41) is 13.3. The van der Waals surface area contributed by atoms with Crippen LogP contribution in [0.4, 0.5) is 0 Å². The molecule has 4 aromatic rings. The van der Waals surface area contributed by atoms with Crippen molar-refractivity contribution >= 4 is 40.0 Å². The van der Waals surface area contributed by atoms with Gasteiger partial charge in [-0.25, -0.2) is 0 Å². The Morgan fingerprint density at radius 3 is 2.68 bits per heavy atom. The summed E-state index contributed by atoms with van der Waals surface area (Å²) in [7, 11) is 1.52. The van der Waals surface area contributed by atoms with Crippen molar-refractivity contribution in [3.8, 4) is 22.6 Å². The Balaban J connectivity index is 1.46. The predicted molar refractivity (Wildman–Crippen MR) is 133 cm³/mol. The topological polar surface area (TPSA) is 73.3 Å². The van der Waals surface area contributed by atoms with Gasteiger partial charge in [0.15, 0.2) is 11.4 Å². The Morgan fingerprint density at radius 1 is 1.09 bits per heavy atom. The van der Waals surface area contributed by atoms with Crippen molar-refractivity contribution in [1.29, 1.82) is 0 Å². The summed E-state index contributed by atoms with van der Waals surface area (Å²) < 4.78 is 11.4. The number of hydrogen-bond donors (Lipinski definition) is 1. The van der Waals surface area contributed by atoms with Crippen LogP contribution in [0.2, 0.25) is 10.0 Å². The number of hydrogen-bond acceptors (Lipinski definition) is 5. The maximum atomic E-state index is 13.1. The van der Waals surface area contributed by atoms with E-state index in [9.17, 15) is 4.79 Å². The molecule has 0 fully saturated rings. The van der Waals surface area contributed by atoms with Crippen molar-refractivity contribution in [2.75, 3.05) is 20.3 Å². The Kier molecular flexibility index (Phi) is 6.26. The molecule has 1 N–H and O–H groups in total. The van der Waals surface area contributed by atoms with E-state index in [-0.39, 0.29) is 17.5 Å². The van der Waals surface area contributed by atoms with E-state index in [1.165, 1.54) is 7.11 Å². The van der Waals surface area contributed by atoms with Gasteiger partial charge in [0.2, 0.25) is 0 Å². The van der Waals surface area contributed by atoms with Crippen LogP contribution in [0, 0.1) is 0 Å². The zero-order valence-electron chi connectivity index (χ0n) is 18.3. The molecule has 8 heteroatoms. The van der Waals surface area contributed by atoms with Crippen molar-refractivity contribution in [1.82, 2.24) is 15.5 Å². The molecule has 3 aromatic carbocycles. The van der Waals surface area contributed by atoms with Crippen molar-refractivity contribution in [3.05, 3.63) is 82.0 Å². The Labute approximate surface area is 206 Å². The molecule has 0 unspecified atom stereocenters. The monoisotopic (exact) mass is 493 g/mol. The van der Waals surface area contributed by atoms with Crippen molar-refractivity contribution in [3.63, 3.8) is 0 Å². The lowest BCUT2D eigenvalue weighted by molar-refractivity contribution is 0.0939. The van der Waals surface area contributed by atoms with E-state index >= 15 is 0 Å². The van der Waals surface area contributed by atoms with Crippen LogP contribution < -0.4 is 14.8 Å². The van der Waals surface area contributed by atoms with Crippen molar-refractivity contribution < 1.29 is 14.3 Å². The molecular weight excluding hydrogens is 473 g/mol. The Hall–Kier alpha value is -3.35. The van der Waals surface area contributed by atoms with Crippen LogP contribution >= 0.6 is 23.2 Å². The number of carbonyl (C=O) groups is 1. The van der Waals surface area contributed by atoms with Gasteiger partial charge in [-0.2, -0.15) is 0 Å². The number of nitrogens with zero attached hydrogens (tertiary/aromatic N) is 2. The summed E-state index contributed by atoms with van der Waals surface area (Å²) in [4.78, 5) is 13.1. The molecule has 34 heavy (non-hydrogen) atoms. The molecule has 0 saturated heterocycles. The lowest BCUT2D eigenvalue weighted by Crippen LogP contribution is -2.31. The molecule has 1 aliphatic rings. The first-order chi connectivity index (χ1) is 16.5. The minimum atomic E-state index is -0.341. The third-order valence-corrected chi connectivity index (χ3v) is 6.37. The average molecular weight is 494 g/mol. The summed E-state index contributed by atoms with van der Waals surface area (Å²) in [6, 6.07) is 18.8. The number of amides is 1. The second kappa shape index (κ2) is 9.49. The van der Waals surface area contributed by atoms with Crippen molar-refractivity contribution in [2.45, 2.75) is 12.3 Å². The predicted octanol–water partition coefficient (Wildman–Crippen LogP) is 5.91. The smallest absolute Gasteiger partial charge is 0.275 e. The number of fused-ring (bicyclic) bond motifs is 2. The number of para-hydroxylation sites is 1. The quantitative estimate of drug-likeness (QED) is 0.374. The van der Waals surface area contributed by atoms with Gasteiger partial charge in [-0.3, -0.25) is 4.79 Å². The van der Waals surface area contributed by atoms with E-state index in [0.717, 1.165) is 28.9 Å². The van der Waals surface area contributed by atoms with E-state index in [1.54, 1.807) is 6.07 Å². The number of halogens is 2. The molecule has 1 aliphatic heterocycles. The van der Waals surface area contributed by atoms with Crippen LogP contribution in [0.1, 0.15) is 28.4 Å². The van der Waals surface area contributed by atoms with E-state index in [4.69, 9.17) is 32.7 Å². The van der Waals surface area contributed by atoms with Gasteiger partial charge in [0.05, 0.1) is 13.7 Å². The molecule has 0 bridgehead atoms. The highest BCUT2D eigenvalue weighted by Crippen LogP contribution is 2.36. The van der Waals surface area contributed by atoms with Crippen LogP contribution in [-0.4, -0.2) is 36.4 Å². The highest BCUT2D eigenvalue weighted by atomic mass is 35.5. The van der Waals surface area contributed by atoms with Crippen molar-refractivity contribution in [2.24, 2.45) is 0 Å². The number of ether oxygens (including phenoxy) is 2. The van der Waals surface area contributed by atoms with Gasteiger partial charge in [0.25, 0.3) is 5.91 Å². The molecule has 0 saturated carbocycles. The van der Waals surface area contributed by atoms with Crippen LogP contribution in [0.5, 0.6) is 11.5 Å². The number of nitrogens with one attached hydrogen (secondary N) is 1. The first-order valence-electron chi connectivity index (χ1n) is 10.8. The second-order valence-corrected chi connectivity index (χ2v) is 8.90. The molecule has 1 amide bonds. The molecular formula is C26H21Cl2N3O3. The van der Waals surface area contributed by atoms with E-state index < -0.39 is 0 Å². The first-order valence-corrected chi connectivity index (χ1v) is 11.6. The number of aromatic nitrogens is 2. The van der Waals surface area contributed by atoms with Gasteiger partial charge in [-0.1, -0.05) is 53.5 Å². The van der Waals surface area contributed by atoms with Gasteiger partial charge < -0.3 is 14.8 Å². The molecule has 0 aliphatic carbocycles. The number of rotatable bonds is 5. The van der Waals surface area contributed by atoms with Gasteiger partial charge >= 0.3 is 0 Å². The standard InChI is InChI=1S/C26H21Cl2N3O3/c1-33-25-21-7-4-6-20(16-11-17(27)13-18(28)12-16)23(21)30-31-24(25)26(32)29-14-15-9-10-34-22-8-3-2-5-19(15)22/h2-8,11-13,15H,9-10,14H2,1H3,(H,29,32)/t15-/m1/s1. The Bertz CT molecular complexity index is 1370. The highest BCUT2D eigenvalue weighted by Gasteiger charge is 2.24. The van der Waals surface area contributed by atoms with E-state index in [2.05, 4.69) is 15.5 Å². The molecule has 172 valence electrons. The minimum Gasteiger partial charge on any atom is -0.493 e. The second-order valence-electron chi connectivity index (χ2n) is 8.02. The zero-order valence-corrected chi connectivity index (χ0v) is 19.9. The minimum absolute atomic E-state index is 0.136. The summed E-state index contributed by atoms with van der Waals surface area (Å²) >= 11 is 12.4. The van der Waals surface area contributed by atoms with Gasteiger partial charge in [-0.15, -0.1) is 10.2 Å². The van der Waals surface area contributed by atoms with Gasteiger partial charge in [0, 0.05) is 33.5 Å². The molecule has 1 atom stereocenters. The zero-order chi connectivity index (χ0) is 23.7. The van der Waals surface area contributed by atoms with Crippen LogP contribution in [-0.2, 0) is 0 Å². The number of methoxy groups -OCH3 is 1. The van der Waals surface area contributed by atoms with Crippen LogP contribution in [0.3, 0.4) is 0 Å². The fraction of sp³-hybridized carbons (Fsp3) is 0.192. The van der Waals surface area contributed by atoms with E-state index in [0.29, 0.717) is 39.8 Å². The molecule has 0 radical (unpaired) electrons. The summed E-state index contributed by atoms with van der Waals surface area (Å²) in [5.41, 5.74) is 3.41. The third-order valence-electron chi connectivity index (χ3n) is 5.93. The maximum absolute atomic E-state index is 13.1. The summed E-state index contributed by atoms with van der Waals surface area (Å²) in [6.07, 6.45) is 0.823. The third kappa shape index (κ3) is 4.27. The largest absolute Gasteiger partial charge is 0.493 e. The summed E-state index contributed by atoms with van der Waals surface area (Å²) in [5.74, 6) is 1.05. The van der Waals surface area contributed by atoms with Gasteiger partial charge in [0.1, 0.15) is 11.3 Å². The average Bonchev–Trinajstić information content (AvgIpc) is 2.85. The van der Waals surface area contributed by atoms with Crippen LogP contribution in [0.15, 0.2) is 60.7 Å². The Morgan fingerprint density at radius 2 is 1.88 bits per heavy atom. The molecule has 0 spiro atoms. The lowest BCUT2D eigenvalue weighted by Gasteiger charge is -2.26. The normalized spacial score (nSPS) is 14.9. The SMILES string of the molecule is COc1c(C(=O)NC[C@H]2CCOc3ccccc32)nnc2c(-c3cc(Cl)cc(Cl)c3)cccc12. The molecule has 2 heterocycles. The lowest BCUT2D eigenvalue weighted by atomic mass is 9.93. The number of carbonyl (C=O) groups excluding carboxylic acids is 1. The summed E-state index contributed by atoms with van der Waals surface area (Å²) in [6.45, 7) is 1.08. The molecule has 1 aromatic heterocycles. The first kappa shape index (κ1) is 22.4. The number of benzene rings is 3. The van der Waals surface area contributed by atoms with Crippen LogP contribution in [0.25, 0.3) is 22.0 Å². The fourth-order valence-electron chi connectivity index (χ4n) is 4.33. The highest BCUT2D eigenvalue weighted by molar-refractivity contribution is 6.35. The molecule has 5 rings (SSSR count). The van der Waals surface area contributed by atoms with E-state index in [1.807, 2.05) is 54.6 Å². The molecule has 6 nitrogen and oxygen atoms in total. The van der Waals surface area contributed by atoms with Gasteiger partial charge in [-0.05, 0) is 47.9 Å².